The Morgan fingerprint density at radius 1 is 1.33 bits per heavy atom. The highest BCUT2D eigenvalue weighted by atomic mass is 19.1. The normalized spacial score (nSPS) is 17.0. The summed E-state index contributed by atoms with van der Waals surface area (Å²) in [6, 6.07) is 4.00. The van der Waals surface area contributed by atoms with E-state index in [1.165, 1.54) is 18.5 Å². The molecule has 1 aliphatic rings. The van der Waals surface area contributed by atoms with Crippen LogP contribution in [-0.4, -0.2) is 31.2 Å². The molecule has 1 saturated heterocycles. The Labute approximate surface area is 134 Å². The minimum atomic E-state index is -0.886. The summed E-state index contributed by atoms with van der Waals surface area (Å²) < 4.78 is 34.1. The van der Waals surface area contributed by atoms with Crippen LogP contribution in [0.3, 0.4) is 0 Å². The summed E-state index contributed by atoms with van der Waals surface area (Å²) >= 11 is 0. The fourth-order valence-electron chi connectivity index (χ4n) is 2.51. The van der Waals surface area contributed by atoms with Crippen LogP contribution < -0.4 is 5.32 Å². The number of fused-ring (bicyclic) bond motifs is 1. The molecule has 3 heterocycles. The van der Waals surface area contributed by atoms with Gasteiger partial charge >= 0.3 is 6.08 Å². The Morgan fingerprint density at radius 2 is 2.17 bits per heavy atom. The predicted molar refractivity (Wildman–Crippen MR) is 80.3 cm³/mol. The van der Waals surface area contributed by atoms with Crippen LogP contribution in [0.25, 0.3) is 11.2 Å². The van der Waals surface area contributed by atoms with Crippen LogP contribution in [0.15, 0.2) is 24.5 Å². The number of imidazole rings is 1. The van der Waals surface area contributed by atoms with Crippen molar-refractivity contribution in [3.8, 4) is 5.75 Å². The van der Waals surface area contributed by atoms with Gasteiger partial charge in [0.25, 0.3) is 0 Å². The van der Waals surface area contributed by atoms with Gasteiger partial charge in [0.15, 0.2) is 28.5 Å². The Hall–Kier alpha value is -2.81. The van der Waals surface area contributed by atoms with Crippen LogP contribution in [0, 0.1) is 11.9 Å². The van der Waals surface area contributed by atoms with Crippen molar-refractivity contribution in [1.82, 2.24) is 19.5 Å². The molecule has 1 fully saturated rings. The molecule has 1 atom stereocenters. The number of halogens is 2. The van der Waals surface area contributed by atoms with Gasteiger partial charge in [0.05, 0.1) is 12.9 Å². The van der Waals surface area contributed by atoms with E-state index in [4.69, 9.17) is 4.74 Å². The molecule has 0 bridgehead atoms. The smallest absolute Gasteiger partial charge is 0.312 e. The summed E-state index contributed by atoms with van der Waals surface area (Å²) in [5.41, 5.74) is 1.32. The molecule has 1 unspecified atom stereocenters. The van der Waals surface area contributed by atoms with Crippen molar-refractivity contribution in [1.29, 1.82) is 0 Å². The van der Waals surface area contributed by atoms with Crippen LogP contribution in [-0.2, 0) is 11.3 Å². The highest BCUT2D eigenvalue weighted by Crippen LogP contribution is 2.28. The Kier molecular flexibility index (Phi) is 3.49. The first-order valence-electron chi connectivity index (χ1n) is 7.35. The minimum Gasteiger partial charge on any atom is -0.505 e. The van der Waals surface area contributed by atoms with Gasteiger partial charge in [0.2, 0.25) is 0 Å². The second-order valence-electron chi connectivity index (χ2n) is 5.42. The number of nitrogens with zero attached hydrogens (tertiary/aromatic N) is 4. The fourth-order valence-corrected chi connectivity index (χ4v) is 2.51. The molecule has 7 nitrogen and oxygen atoms in total. The van der Waals surface area contributed by atoms with Crippen molar-refractivity contribution < 1.29 is 18.6 Å². The highest BCUT2D eigenvalue weighted by molar-refractivity contribution is 5.82. The third kappa shape index (κ3) is 2.52. The molecule has 1 aromatic carbocycles. The van der Waals surface area contributed by atoms with Crippen LogP contribution in [0.1, 0.15) is 18.2 Å². The lowest BCUT2D eigenvalue weighted by Crippen LogP contribution is -2.24. The number of ether oxygens (including phenoxy) is 1. The quantitative estimate of drug-likeness (QED) is 0.713. The Morgan fingerprint density at radius 3 is 2.88 bits per heavy atom. The van der Waals surface area contributed by atoms with E-state index >= 15 is 0 Å². The third-order valence-electron chi connectivity index (χ3n) is 3.85. The van der Waals surface area contributed by atoms with Crippen molar-refractivity contribution in [2.75, 3.05) is 11.9 Å². The van der Waals surface area contributed by atoms with Gasteiger partial charge in [-0.2, -0.15) is 14.4 Å². The highest BCUT2D eigenvalue weighted by Gasteiger charge is 2.24. The molecule has 1 aliphatic heterocycles. The molecule has 0 spiro atoms. The van der Waals surface area contributed by atoms with Crippen molar-refractivity contribution in [3.05, 3.63) is 42.0 Å². The van der Waals surface area contributed by atoms with E-state index in [2.05, 4.69) is 20.3 Å². The largest absolute Gasteiger partial charge is 0.505 e. The number of aromatic nitrogens is 4. The van der Waals surface area contributed by atoms with Crippen LogP contribution in [0.4, 0.5) is 14.6 Å². The molecule has 2 aromatic heterocycles. The first-order chi connectivity index (χ1) is 11.6. The average Bonchev–Trinajstić information content (AvgIpc) is 2.90. The number of hydrogen-bond acceptors (Lipinski definition) is 6. The second-order valence-corrected chi connectivity index (χ2v) is 5.42. The van der Waals surface area contributed by atoms with Gasteiger partial charge in [0, 0.05) is 13.0 Å². The van der Waals surface area contributed by atoms with E-state index in [0.717, 1.165) is 6.42 Å². The van der Waals surface area contributed by atoms with E-state index in [0.29, 0.717) is 23.3 Å². The number of hydrogen-bond donors (Lipinski definition) is 2. The Balaban J connectivity index is 1.63. The van der Waals surface area contributed by atoms with E-state index in [1.54, 1.807) is 10.6 Å². The minimum absolute atomic E-state index is 0.190. The van der Waals surface area contributed by atoms with Crippen LogP contribution in [0.2, 0.25) is 0 Å². The second kappa shape index (κ2) is 5.68. The van der Waals surface area contributed by atoms with E-state index in [1.807, 2.05) is 0 Å². The molecule has 4 rings (SSSR count). The number of benzene rings is 1. The van der Waals surface area contributed by atoms with Gasteiger partial charge in [-0.3, -0.25) is 4.57 Å². The molecule has 124 valence electrons. The van der Waals surface area contributed by atoms with Crippen molar-refractivity contribution in [2.45, 2.75) is 19.2 Å². The summed E-state index contributed by atoms with van der Waals surface area (Å²) in [6.45, 7) is 0.838. The van der Waals surface area contributed by atoms with Gasteiger partial charge in [-0.05, 0) is 17.7 Å². The fraction of sp³-hybridized carbons (Fsp3) is 0.267. The molecular weight excluding hydrogens is 320 g/mol. The monoisotopic (exact) mass is 333 g/mol. The van der Waals surface area contributed by atoms with E-state index < -0.39 is 17.6 Å². The van der Waals surface area contributed by atoms with Gasteiger partial charge in [-0.15, -0.1) is 0 Å². The zero-order chi connectivity index (χ0) is 16.7. The Bertz CT molecular complexity index is 910. The maximum absolute atomic E-state index is 13.7. The first-order valence-corrected chi connectivity index (χ1v) is 7.35. The number of phenols is 1. The zero-order valence-corrected chi connectivity index (χ0v) is 12.4. The summed E-state index contributed by atoms with van der Waals surface area (Å²) in [4.78, 5) is 11.7. The van der Waals surface area contributed by atoms with Crippen LogP contribution in [0.5, 0.6) is 5.75 Å². The SMILES string of the molecule is Oc1ccc(CNc2nc(F)nc3c2ncn3C2CCO2)cc1F. The molecule has 24 heavy (non-hydrogen) atoms. The van der Waals surface area contributed by atoms with E-state index in [9.17, 15) is 13.9 Å². The van der Waals surface area contributed by atoms with Crippen molar-refractivity contribution in [2.24, 2.45) is 0 Å². The van der Waals surface area contributed by atoms with Gasteiger partial charge in [-0.1, -0.05) is 6.07 Å². The maximum Gasteiger partial charge on any atom is 0.312 e. The molecule has 0 radical (unpaired) electrons. The predicted octanol–water partition coefficient (Wildman–Crippen LogP) is 2.34. The topological polar surface area (TPSA) is 85.1 Å². The molecule has 0 aliphatic carbocycles. The first kappa shape index (κ1) is 14.8. The third-order valence-corrected chi connectivity index (χ3v) is 3.85. The average molecular weight is 333 g/mol. The lowest BCUT2D eigenvalue weighted by atomic mass is 10.2. The number of phenolic OH excluding ortho intramolecular Hbond substituents is 1. The maximum atomic E-state index is 13.7. The summed E-state index contributed by atoms with van der Waals surface area (Å²) in [6.07, 6.45) is 1.27. The number of rotatable bonds is 4. The molecular formula is C15H13F2N5O2. The molecule has 3 aromatic rings. The van der Waals surface area contributed by atoms with Gasteiger partial charge in [-0.25, -0.2) is 9.37 Å². The van der Waals surface area contributed by atoms with Gasteiger partial charge < -0.3 is 15.2 Å². The standard InChI is InChI=1S/C15H13F2N5O2/c16-9-5-8(1-2-10(9)23)6-18-13-12-14(21-15(17)20-13)22(7-19-12)11-3-4-24-11/h1-2,5,7,11,23H,3-4,6H2,(H,18,20,21). The summed E-state index contributed by atoms with van der Waals surface area (Å²) in [5, 5.41) is 12.1. The number of anilines is 1. The number of nitrogens with one attached hydrogen (secondary N) is 1. The lowest BCUT2D eigenvalue weighted by molar-refractivity contribution is -0.0974. The van der Waals surface area contributed by atoms with Crippen molar-refractivity contribution >= 4 is 17.0 Å². The molecule has 0 amide bonds. The molecule has 0 saturated carbocycles. The van der Waals surface area contributed by atoms with Crippen molar-refractivity contribution in [3.63, 3.8) is 0 Å². The summed E-state index contributed by atoms with van der Waals surface area (Å²) in [7, 11) is 0. The summed E-state index contributed by atoms with van der Waals surface area (Å²) in [5.74, 6) is -0.933. The number of aromatic hydroxyl groups is 1. The van der Waals surface area contributed by atoms with Gasteiger partial charge in [0.1, 0.15) is 6.23 Å². The lowest BCUT2D eigenvalue weighted by Gasteiger charge is -2.27. The zero-order valence-electron chi connectivity index (χ0n) is 12.4. The molecule has 9 heteroatoms. The van der Waals surface area contributed by atoms with Crippen LogP contribution >= 0.6 is 0 Å². The van der Waals surface area contributed by atoms with E-state index in [-0.39, 0.29) is 18.6 Å². The molecule has 2 N–H and O–H groups in total.